The van der Waals surface area contributed by atoms with Crippen molar-refractivity contribution in [1.82, 2.24) is 9.47 Å². The van der Waals surface area contributed by atoms with Crippen molar-refractivity contribution in [2.75, 3.05) is 19.7 Å². The van der Waals surface area contributed by atoms with Crippen LogP contribution in [0.3, 0.4) is 0 Å². The zero-order valence-electron chi connectivity index (χ0n) is 12.7. The number of nitrogens with two attached hydrogens (primary N) is 1. The summed E-state index contributed by atoms with van der Waals surface area (Å²) in [5, 5.41) is 0.905. The number of ether oxygens (including phenoxy) is 1. The minimum Gasteiger partial charge on any atom is -0.367 e. The zero-order chi connectivity index (χ0) is 15.9. The van der Waals surface area contributed by atoms with Gasteiger partial charge in [-0.25, -0.2) is 0 Å². The number of para-hydroxylation sites is 1. The molecule has 1 aromatic heterocycles. The van der Waals surface area contributed by atoms with Gasteiger partial charge in [-0.15, -0.1) is 0 Å². The van der Waals surface area contributed by atoms with E-state index in [4.69, 9.17) is 10.5 Å². The maximum Gasteiger partial charge on any atom is 0.256 e. The van der Waals surface area contributed by atoms with Gasteiger partial charge in [0.2, 0.25) is 0 Å². The highest BCUT2D eigenvalue weighted by Crippen LogP contribution is 2.24. The Labute approximate surface area is 128 Å². The van der Waals surface area contributed by atoms with Crippen molar-refractivity contribution in [1.29, 1.82) is 0 Å². The summed E-state index contributed by atoms with van der Waals surface area (Å²) in [7, 11) is 1.91. The van der Waals surface area contributed by atoms with Crippen molar-refractivity contribution in [3.8, 4) is 0 Å². The molecule has 1 atom stereocenters. The fourth-order valence-corrected chi connectivity index (χ4v) is 2.87. The lowest BCUT2D eigenvalue weighted by molar-refractivity contribution is -0.150. The van der Waals surface area contributed by atoms with Crippen LogP contribution in [0.15, 0.2) is 30.5 Å². The molecule has 0 spiro atoms. The Morgan fingerprint density at radius 2 is 2.05 bits per heavy atom. The monoisotopic (exact) mass is 301 g/mol. The van der Waals surface area contributed by atoms with Crippen LogP contribution >= 0.6 is 0 Å². The minimum atomic E-state index is -1.13. The summed E-state index contributed by atoms with van der Waals surface area (Å²) in [5.41, 5.74) is 5.89. The summed E-state index contributed by atoms with van der Waals surface area (Å²) >= 11 is 0. The molecule has 6 heteroatoms. The van der Waals surface area contributed by atoms with E-state index in [9.17, 15) is 9.59 Å². The van der Waals surface area contributed by atoms with Crippen LogP contribution in [0.1, 0.15) is 17.3 Å². The summed E-state index contributed by atoms with van der Waals surface area (Å²) in [6.07, 6.45) is 1.82. The molecule has 0 aliphatic carbocycles. The minimum absolute atomic E-state index is 0.104. The Bertz CT molecular complexity index is 752. The number of hydrogen-bond donors (Lipinski definition) is 1. The number of carbonyl (C=O) groups excluding carboxylic acids is 2. The number of benzene rings is 1. The summed E-state index contributed by atoms with van der Waals surface area (Å²) < 4.78 is 7.39. The van der Waals surface area contributed by atoms with Crippen LogP contribution < -0.4 is 5.73 Å². The lowest BCUT2D eigenvalue weighted by Gasteiger charge is -2.38. The molecule has 116 valence electrons. The molecule has 1 saturated heterocycles. The van der Waals surface area contributed by atoms with E-state index >= 15 is 0 Å². The largest absolute Gasteiger partial charge is 0.367 e. The molecule has 0 unspecified atom stereocenters. The van der Waals surface area contributed by atoms with Gasteiger partial charge in [-0.05, 0) is 13.0 Å². The predicted octanol–water partition coefficient (Wildman–Crippen LogP) is 0.895. The van der Waals surface area contributed by atoms with Crippen molar-refractivity contribution in [3.63, 3.8) is 0 Å². The predicted molar refractivity (Wildman–Crippen MR) is 82.4 cm³/mol. The van der Waals surface area contributed by atoms with Gasteiger partial charge in [0.25, 0.3) is 11.8 Å². The smallest absolute Gasteiger partial charge is 0.256 e. The highest BCUT2D eigenvalue weighted by atomic mass is 16.5. The molecular weight excluding hydrogens is 282 g/mol. The maximum atomic E-state index is 12.8. The van der Waals surface area contributed by atoms with Gasteiger partial charge in [0.15, 0.2) is 5.60 Å². The van der Waals surface area contributed by atoms with Crippen LogP contribution in [0.2, 0.25) is 0 Å². The Morgan fingerprint density at radius 1 is 1.32 bits per heavy atom. The second-order valence-corrected chi connectivity index (χ2v) is 5.84. The van der Waals surface area contributed by atoms with Gasteiger partial charge in [0.1, 0.15) is 0 Å². The average Bonchev–Trinajstić information content (AvgIpc) is 2.84. The zero-order valence-corrected chi connectivity index (χ0v) is 12.7. The van der Waals surface area contributed by atoms with Gasteiger partial charge in [-0.2, -0.15) is 0 Å². The number of amides is 2. The molecule has 3 rings (SSSR count). The van der Waals surface area contributed by atoms with Gasteiger partial charge in [-0.3, -0.25) is 9.59 Å². The average molecular weight is 301 g/mol. The topological polar surface area (TPSA) is 77.6 Å². The third-order valence-electron chi connectivity index (χ3n) is 4.21. The summed E-state index contributed by atoms with van der Waals surface area (Å²) in [5.74, 6) is -0.657. The number of carbonyl (C=O) groups is 2. The second kappa shape index (κ2) is 5.14. The van der Waals surface area contributed by atoms with Crippen molar-refractivity contribution < 1.29 is 14.3 Å². The van der Waals surface area contributed by atoms with Crippen LogP contribution in [-0.2, 0) is 16.6 Å². The molecular formula is C16H19N3O3. The molecule has 1 fully saturated rings. The van der Waals surface area contributed by atoms with E-state index in [-0.39, 0.29) is 12.5 Å². The Morgan fingerprint density at radius 3 is 2.77 bits per heavy atom. The molecule has 1 aliphatic heterocycles. The SMILES string of the molecule is Cn1cc(C(=O)N2CCO[C@@](C)(C(N)=O)C2)c2ccccc21. The quantitative estimate of drug-likeness (QED) is 0.895. The first kappa shape index (κ1) is 14.6. The third-order valence-corrected chi connectivity index (χ3v) is 4.21. The molecule has 2 N–H and O–H groups in total. The molecule has 2 aromatic rings. The van der Waals surface area contributed by atoms with Gasteiger partial charge in [-0.1, -0.05) is 18.2 Å². The van der Waals surface area contributed by atoms with Crippen LogP contribution in [0.25, 0.3) is 10.9 Å². The van der Waals surface area contributed by atoms with E-state index in [0.717, 1.165) is 10.9 Å². The third kappa shape index (κ3) is 2.25. The van der Waals surface area contributed by atoms with Crippen molar-refractivity contribution >= 4 is 22.7 Å². The standard InChI is InChI=1S/C16H19N3O3/c1-16(15(17)21)10-19(7-8-22-16)14(20)12-9-18(2)13-6-4-3-5-11(12)13/h3-6,9H,7-8,10H2,1-2H3,(H2,17,21)/t16-/m1/s1. The molecule has 22 heavy (non-hydrogen) atoms. The second-order valence-electron chi connectivity index (χ2n) is 5.84. The van der Waals surface area contributed by atoms with Crippen LogP contribution in [0.4, 0.5) is 0 Å². The molecule has 1 aromatic carbocycles. The number of primary amides is 1. The van der Waals surface area contributed by atoms with E-state index in [1.807, 2.05) is 42.1 Å². The van der Waals surface area contributed by atoms with Gasteiger partial charge < -0.3 is 19.9 Å². The highest BCUT2D eigenvalue weighted by Gasteiger charge is 2.39. The van der Waals surface area contributed by atoms with Crippen molar-refractivity contribution in [3.05, 3.63) is 36.0 Å². The number of morpholine rings is 1. The molecule has 0 radical (unpaired) electrons. The fourth-order valence-electron chi connectivity index (χ4n) is 2.87. The number of hydrogen-bond acceptors (Lipinski definition) is 3. The molecule has 2 amide bonds. The van der Waals surface area contributed by atoms with Crippen molar-refractivity contribution in [2.24, 2.45) is 12.8 Å². The molecule has 0 saturated carbocycles. The van der Waals surface area contributed by atoms with Crippen LogP contribution in [-0.4, -0.2) is 46.6 Å². The fraction of sp³-hybridized carbons (Fsp3) is 0.375. The van der Waals surface area contributed by atoms with E-state index < -0.39 is 11.5 Å². The molecule has 6 nitrogen and oxygen atoms in total. The number of aromatic nitrogens is 1. The summed E-state index contributed by atoms with van der Waals surface area (Å²) in [6, 6.07) is 7.75. The number of nitrogens with zero attached hydrogens (tertiary/aromatic N) is 2. The van der Waals surface area contributed by atoms with Crippen LogP contribution in [0.5, 0.6) is 0 Å². The lowest BCUT2D eigenvalue weighted by Crippen LogP contribution is -2.58. The van der Waals surface area contributed by atoms with E-state index in [1.54, 1.807) is 11.8 Å². The van der Waals surface area contributed by atoms with Crippen molar-refractivity contribution in [2.45, 2.75) is 12.5 Å². The Kier molecular flexibility index (Phi) is 3.41. The van der Waals surface area contributed by atoms with Gasteiger partial charge >= 0.3 is 0 Å². The van der Waals surface area contributed by atoms with Gasteiger partial charge in [0, 0.05) is 30.7 Å². The molecule has 0 bridgehead atoms. The molecule has 1 aliphatic rings. The Hall–Kier alpha value is -2.34. The highest BCUT2D eigenvalue weighted by molar-refractivity contribution is 6.07. The van der Waals surface area contributed by atoms with E-state index in [1.165, 1.54) is 0 Å². The molecule has 2 heterocycles. The number of fused-ring (bicyclic) bond motifs is 1. The maximum absolute atomic E-state index is 12.8. The number of aryl methyl sites for hydroxylation is 1. The first-order valence-electron chi connectivity index (χ1n) is 7.19. The van der Waals surface area contributed by atoms with E-state index in [0.29, 0.717) is 18.7 Å². The Balaban J connectivity index is 1.94. The first-order chi connectivity index (χ1) is 10.4. The first-order valence-corrected chi connectivity index (χ1v) is 7.19. The summed E-state index contributed by atoms with van der Waals surface area (Å²) in [6.45, 7) is 2.54. The van der Waals surface area contributed by atoms with Crippen LogP contribution in [0, 0.1) is 0 Å². The number of rotatable bonds is 2. The van der Waals surface area contributed by atoms with E-state index in [2.05, 4.69) is 0 Å². The van der Waals surface area contributed by atoms with Gasteiger partial charge in [0.05, 0.1) is 18.7 Å². The normalized spacial score (nSPS) is 22.0. The lowest BCUT2D eigenvalue weighted by atomic mass is 10.0. The summed E-state index contributed by atoms with van der Waals surface area (Å²) in [4.78, 5) is 26.0.